The van der Waals surface area contributed by atoms with Gasteiger partial charge >= 0.3 is 0 Å². The summed E-state index contributed by atoms with van der Waals surface area (Å²) in [6.45, 7) is 4.78. The maximum Gasteiger partial charge on any atom is 0.258 e. The molecular formula is C18H20N2O. The molecule has 0 radical (unpaired) electrons. The summed E-state index contributed by atoms with van der Waals surface area (Å²) in [6.07, 6.45) is 2.04. The van der Waals surface area contributed by atoms with Crippen LogP contribution in [0.2, 0.25) is 0 Å². The van der Waals surface area contributed by atoms with Crippen LogP contribution in [0.4, 0.5) is 11.4 Å². The second-order valence-corrected chi connectivity index (χ2v) is 5.77. The molecule has 0 aliphatic carbocycles. The smallest absolute Gasteiger partial charge is 0.258 e. The fourth-order valence-corrected chi connectivity index (χ4v) is 2.91. The molecule has 0 saturated heterocycles. The van der Waals surface area contributed by atoms with Crippen LogP contribution in [-0.4, -0.2) is 12.5 Å². The lowest BCUT2D eigenvalue weighted by atomic mass is 9.98. The Balaban J connectivity index is 2.04. The first kappa shape index (κ1) is 13.7. The quantitative estimate of drug-likeness (QED) is 0.813. The summed E-state index contributed by atoms with van der Waals surface area (Å²) in [6, 6.07) is 11.9. The predicted molar refractivity (Wildman–Crippen MR) is 86.8 cm³/mol. The Kier molecular flexibility index (Phi) is 3.42. The Labute approximate surface area is 125 Å². The number of benzene rings is 2. The lowest BCUT2D eigenvalue weighted by Crippen LogP contribution is -2.36. The van der Waals surface area contributed by atoms with E-state index in [1.54, 1.807) is 6.07 Å². The summed E-state index contributed by atoms with van der Waals surface area (Å²) in [4.78, 5) is 14.8. The van der Waals surface area contributed by atoms with Crippen LogP contribution in [0.5, 0.6) is 0 Å². The van der Waals surface area contributed by atoms with Crippen molar-refractivity contribution in [2.45, 2.75) is 26.7 Å². The fraction of sp³-hybridized carbons (Fsp3) is 0.278. The van der Waals surface area contributed by atoms with Crippen molar-refractivity contribution in [2.75, 3.05) is 17.2 Å². The van der Waals surface area contributed by atoms with E-state index in [2.05, 4.69) is 25.1 Å². The summed E-state index contributed by atoms with van der Waals surface area (Å²) in [5.74, 6) is 0.0475. The Morgan fingerprint density at radius 2 is 1.95 bits per heavy atom. The minimum atomic E-state index is 0.0475. The van der Waals surface area contributed by atoms with Gasteiger partial charge in [0.25, 0.3) is 5.91 Å². The average Bonchev–Trinajstić information content (AvgIpc) is 2.48. The molecule has 0 aromatic heterocycles. The van der Waals surface area contributed by atoms with Crippen LogP contribution in [0.1, 0.15) is 33.5 Å². The molecule has 1 amide bonds. The van der Waals surface area contributed by atoms with Gasteiger partial charge in [0.1, 0.15) is 0 Å². The zero-order chi connectivity index (χ0) is 15.0. The van der Waals surface area contributed by atoms with Gasteiger partial charge in [-0.25, -0.2) is 0 Å². The molecule has 0 atom stereocenters. The highest BCUT2D eigenvalue weighted by molar-refractivity contribution is 6.08. The first-order valence-corrected chi connectivity index (χ1v) is 7.34. The van der Waals surface area contributed by atoms with Crippen molar-refractivity contribution in [3.05, 3.63) is 58.7 Å². The van der Waals surface area contributed by atoms with Crippen LogP contribution in [0.15, 0.2) is 36.4 Å². The Hall–Kier alpha value is -2.29. The number of fused-ring (bicyclic) bond motifs is 1. The van der Waals surface area contributed by atoms with Crippen LogP contribution in [0.25, 0.3) is 0 Å². The standard InChI is InChI=1S/C18H20N2O/c1-12-5-7-14-4-3-9-20(17(14)10-12)18(21)16-11-15(19)8-6-13(16)2/h5-8,10-11H,3-4,9,19H2,1-2H3. The van der Waals surface area contributed by atoms with Crippen molar-refractivity contribution in [3.63, 3.8) is 0 Å². The molecule has 0 bridgehead atoms. The number of carbonyl (C=O) groups is 1. The number of hydrogen-bond donors (Lipinski definition) is 1. The minimum absolute atomic E-state index is 0.0475. The second-order valence-electron chi connectivity index (χ2n) is 5.77. The lowest BCUT2D eigenvalue weighted by Gasteiger charge is -2.30. The van der Waals surface area contributed by atoms with E-state index in [1.807, 2.05) is 24.0 Å². The van der Waals surface area contributed by atoms with Gasteiger partial charge in [-0.05, 0) is 61.6 Å². The number of rotatable bonds is 1. The van der Waals surface area contributed by atoms with Gasteiger partial charge in [0, 0.05) is 23.5 Å². The molecule has 1 aliphatic rings. The minimum Gasteiger partial charge on any atom is -0.399 e. The summed E-state index contributed by atoms with van der Waals surface area (Å²) in [5, 5.41) is 0. The number of hydrogen-bond acceptors (Lipinski definition) is 2. The molecule has 0 saturated carbocycles. The lowest BCUT2D eigenvalue weighted by molar-refractivity contribution is 0.0984. The molecule has 2 aromatic rings. The third kappa shape index (κ3) is 2.51. The molecule has 2 aromatic carbocycles. The van der Waals surface area contributed by atoms with E-state index in [-0.39, 0.29) is 5.91 Å². The largest absolute Gasteiger partial charge is 0.399 e. The van der Waals surface area contributed by atoms with E-state index in [0.717, 1.165) is 30.6 Å². The third-order valence-electron chi connectivity index (χ3n) is 4.10. The van der Waals surface area contributed by atoms with E-state index >= 15 is 0 Å². The van der Waals surface area contributed by atoms with E-state index in [0.29, 0.717) is 11.3 Å². The third-order valence-corrected chi connectivity index (χ3v) is 4.10. The SMILES string of the molecule is Cc1ccc2c(c1)N(C(=O)c1cc(N)ccc1C)CCC2. The molecular weight excluding hydrogens is 260 g/mol. The van der Waals surface area contributed by atoms with Crippen LogP contribution >= 0.6 is 0 Å². The molecule has 3 heteroatoms. The fourth-order valence-electron chi connectivity index (χ4n) is 2.91. The molecule has 0 unspecified atom stereocenters. The molecule has 0 fully saturated rings. The molecule has 3 nitrogen and oxygen atoms in total. The first-order valence-electron chi connectivity index (χ1n) is 7.34. The van der Waals surface area contributed by atoms with Gasteiger partial charge in [-0.15, -0.1) is 0 Å². The summed E-state index contributed by atoms with van der Waals surface area (Å²) >= 11 is 0. The summed E-state index contributed by atoms with van der Waals surface area (Å²) in [7, 11) is 0. The molecule has 1 aliphatic heterocycles. The Morgan fingerprint density at radius 3 is 2.76 bits per heavy atom. The van der Waals surface area contributed by atoms with E-state index in [1.165, 1.54) is 11.1 Å². The van der Waals surface area contributed by atoms with Crippen molar-refractivity contribution in [3.8, 4) is 0 Å². The molecule has 2 N–H and O–H groups in total. The van der Waals surface area contributed by atoms with Crippen molar-refractivity contribution in [1.82, 2.24) is 0 Å². The number of nitrogens with two attached hydrogens (primary N) is 1. The normalized spacial score (nSPS) is 13.9. The summed E-state index contributed by atoms with van der Waals surface area (Å²) < 4.78 is 0. The highest BCUT2D eigenvalue weighted by Crippen LogP contribution is 2.30. The van der Waals surface area contributed by atoms with Gasteiger partial charge in [0.05, 0.1) is 0 Å². The van der Waals surface area contributed by atoms with Gasteiger partial charge in [0.15, 0.2) is 0 Å². The molecule has 3 rings (SSSR count). The van der Waals surface area contributed by atoms with Crippen LogP contribution in [0, 0.1) is 13.8 Å². The number of aryl methyl sites for hydroxylation is 3. The van der Waals surface area contributed by atoms with E-state index in [9.17, 15) is 4.79 Å². The Morgan fingerprint density at radius 1 is 1.14 bits per heavy atom. The van der Waals surface area contributed by atoms with Crippen molar-refractivity contribution < 1.29 is 4.79 Å². The predicted octanol–water partition coefficient (Wildman–Crippen LogP) is 3.48. The van der Waals surface area contributed by atoms with Crippen LogP contribution in [-0.2, 0) is 6.42 Å². The van der Waals surface area contributed by atoms with Gasteiger partial charge < -0.3 is 10.6 Å². The van der Waals surface area contributed by atoms with E-state index < -0.39 is 0 Å². The second kappa shape index (κ2) is 5.24. The number of anilines is 2. The van der Waals surface area contributed by atoms with Crippen molar-refractivity contribution >= 4 is 17.3 Å². The zero-order valence-corrected chi connectivity index (χ0v) is 12.5. The average molecular weight is 280 g/mol. The van der Waals surface area contributed by atoms with Gasteiger partial charge in [-0.1, -0.05) is 18.2 Å². The van der Waals surface area contributed by atoms with Gasteiger partial charge in [-0.2, -0.15) is 0 Å². The highest BCUT2D eigenvalue weighted by Gasteiger charge is 2.24. The molecule has 0 spiro atoms. The topological polar surface area (TPSA) is 46.3 Å². The van der Waals surface area contributed by atoms with E-state index in [4.69, 9.17) is 5.73 Å². The van der Waals surface area contributed by atoms with Crippen molar-refractivity contribution in [2.24, 2.45) is 0 Å². The number of carbonyl (C=O) groups excluding carboxylic acids is 1. The maximum absolute atomic E-state index is 12.9. The van der Waals surface area contributed by atoms with Crippen molar-refractivity contribution in [1.29, 1.82) is 0 Å². The van der Waals surface area contributed by atoms with Gasteiger partial charge in [0.2, 0.25) is 0 Å². The number of nitrogens with zero attached hydrogens (tertiary/aromatic N) is 1. The monoisotopic (exact) mass is 280 g/mol. The summed E-state index contributed by atoms with van der Waals surface area (Å²) in [5.41, 5.74) is 11.6. The van der Waals surface area contributed by atoms with Crippen LogP contribution in [0.3, 0.4) is 0 Å². The number of amides is 1. The Bertz CT molecular complexity index is 706. The number of nitrogen functional groups attached to an aromatic ring is 1. The molecule has 108 valence electrons. The molecule has 1 heterocycles. The van der Waals surface area contributed by atoms with Crippen LogP contribution < -0.4 is 10.6 Å². The van der Waals surface area contributed by atoms with Gasteiger partial charge in [-0.3, -0.25) is 4.79 Å². The first-order chi connectivity index (χ1) is 10.1. The zero-order valence-electron chi connectivity index (χ0n) is 12.5. The molecule has 21 heavy (non-hydrogen) atoms. The highest BCUT2D eigenvalue weighted by atomic mass is 16.2. The maximum atomic E-state index is 12.9.